The minimum atomic E-state index is -4.25. The first kappa shape index (κ1) is 18.2. The van der Waals surface area contributed by atoms with Crippen molar-refractivity contribution >= 4 is 45.1 Å². The predicted octanol–water partition coefficient (Wildman–Crippen LogP) is 2.56. The number of pyridine rings is 1. The van der Waals surface area contributed by atoms with E-state index in [9.17, 15) is 18.0 Å². The van der Waals surface area contributed by atoms with Crippen molar-refractivity contribution in [2.45, 2.75) is 11.8 Å². The molecule has 2 heterocycles. The first-order valence-electron chi connectivity index (χ1n) is 7.59. The van der Waals surface area contributed by atoms with Gasteiger partial charge < -0.3 is 4.74 Å². The Labute approximate surface area is 155 Å². The normalized spacial score (nSPS) is 15.5. The summed E-state index contributed by atoms with van der Waals surface area (Å²) in [6.07, 6.45) is 1.38. The number of ether oxygens (including phenoxy) is 1. The molecule has 0 fully saturated rings. The van der Waals surface area contributed by atoms with Gasteiger partial charge in [-0.15, -0.1) is 0 Å². The zero-order valence-electron chi connectivity index (χ0n) is 13.6. The molecule has 26 heavy (non-hydrogen) atoms. The lowest BCUT2D eigenvalue weighted by molar-refractivity contribution is -0.142. The van der Waals surface area contributed by atoms with Crippen molar-refractivity contribution in [3.8, 4) is 0 Å². The molecular formula is C16H14ClN3O5S. The fraction of sp³-hybridized carbons (Fsp3) is 0.188. The molecule has 0 bridgehead atoms. The average Bonchev–Trinajstić information content (AvgIpc) is 2.59. The van der Waals surface area contributed by atoms with Gasteiger partial charge in [0.1, 0.15) is 11.4 Å². The van der Waals surface area contributed by atoms with Crippen LogP contribution >= 0.6 is 11.6 Å². The Morgan fingerprint density at radius 1 is 1.27 bits per heavy atom. The second-order valence-corrected chi connectivity index (χ2v) is 7.51. The first-order chi connectivity index (χ1) is 12.4. The number of benzene rings is 1. The van der Waals surface area contributed by atoms with Crippen LogP contribution in [0, 0.1) is 0 Å². The number of carbonyl (C=O) groups excluding carboxylic acids is 2. The number of hydrogen-bond acceptors (Lipinski definition) is 6. The van der Waals surface area contributed by atoms with Crippen LogP contribution in [0.4, 0.5) is 16.3 Å². The van der Waals surface area contributed by atoms with E-state index in [1.165, 1.54) is 24.4 Å². The molecule has 8 nitrogen and oxygen atoms in total. The average molecular weight is 396 g/mol. The Hall–Kier alpha value is -2.65. The van der Waals surface area contributed by atoms with E-state index in [0.717, 1.165) is 4.90 Å². The molecule has 0 atom stereocenters. The van der Waals surface area contributed by atoms with E-state index in [1.807, 2.05) is 0 Å². The van der Waals surface area contributed by atoms with Crippen molar-refractivity contribution in [3.63, 3.8) is 0 Å². The first-order valence-corrected chi connectivity index (χ1v) is 9.41. The fourth-order valence-corrected chi connectivity index (χ4v) is 4.11. The van der Waals surface area contributed by atoms with Gasteiger partial charge in [0.15, 0.2) is 5.82 Å². The van der Waals surface area contributed by atoms with Gasteiger partial charge in [-0.3, -0.25) is 4.79 Å². The van der Waals surface area contributed by atoms with Crippen LogP contribution < -0.4 is 4.90 Å². The third kappa shape index (κ3) is 3.11. The van der Waals surface area contributed by atoms with E-state index in [-0.39, 0.29) is 17.3 Å². The summed E-state index contributed by atoms with van der Waals surface area (Å²) in [6.45, 7) is 0.916. The SMILES string of the molecule is CCOC(=O)CN1C(=O)N(c2cccc(Cl)c2)c2ncccc2S1(=O)=O. The molecule has 0 aliphatic carbocycles. The number of esters is 1. The van der Waals surface area contributed by atoms with Crippen LogP contribution in [-0.2, 0) is 19.6 Å². The molecular weight excluding hydrogens is 382 g/mol. The van der Waals surface area contributed by atoms with Gasteiger partial charge in [-0.1, -0.05) is 17.7 Å². The molecule has 0 saturated carbocycles. The van der Waals surface area contributed by atoms with E-state index in [1.54, 1.807) is 25.1 Å². The maximum Gasteiger partial charge on any atom is 0.344 e. The summed E-state index contributed by atoms with van der Waals surface area (Å²) in [5.41, 5.74) is 0.325. The molecule has 0 N–H and O–H groups in total. The van der Waals surface area contributed by atoms with Crippen LogP contribution in [0.3, 0.4) is 0 Å². The largest absolute Gasteiger partial charge is 0.465 e. The Morgan fingerprint density at radius 2 is 2.04 bits per heavy atom. The highest BCUT2D eigenvalue weighted by atomic mass is 35.5. The summed E-state index contributed by atoms with van der Waals surface area (Å²) in [4.78, 5) is 29.7. The number of halogens is 1. The third-order valence-electron chi connectivity index (χ3n) is 3.58. The Balaban J connectivity index is 2.16. The van der Waals surface area contributed by atoms with Crippen molar-refractivity contribution in [2.75, 3.05) is 18.1 Å². The van der Waals surface area contributed by atoms with Gasteiger partial charge in [0.25, 0.3) is 10.0 Å². The highest BCUT2D eigenvalue weighted by molar-refractivity contribution is 7.90. The van der Waals surface area contributed by atoms with Crippen LogP contribution in [0.5, 0.6) is 0 Å². The number of anilines is 2. The van der Waals surface area contributed by atoms with E-state index in [4.69, 9.17) is 16.3 Å². The summed E-state index contributed by atoms with van der Waals surface area (Å²) in [5, 5.41) is 0.359. The molecule has 1 aliphatic heterocycles. The Kier molecular flexibility index (Phi) is 4.84. The van der Waals surface area contributed by atoms with Gasteiger partial charge >= 0.3 is 12.0 Å². The highest BCUT2D eigenvalue weighted by Gasteiger charge is 2.44. The third-order valence-corrected chi connectivity index (χ3v) is 5.55. The minimum Gasteiger partial charge on any atom is -0.465 e. The van der Waals surface area contributed by atoms with E-state index in [0.29, 0.717) is 15.0 Å². The lowest BCUT2D eigenvalue weighted by atomic mass is 10.3. The van der Waals surface area contributed by atoms with Crippen LogP contribution in [0.1, 0.15) is 6.92 Å². The number of sulfonamides is 1. The zero-order chi connectivity index (χ0) is 18.9. The molecule has 0 spiro atoms. The summed E-state index contributed by atoms with van der Waals surface area (Å²) >= 11 is 5.99. The van der Waals surface area contributed by atoms with Crippen molar-refractivity contribution in [3.05, 3.63) is 47.6 Å². The second-order valence-electron chi connectivity index (χ2n) is 5.24. The topological polar surface area (TPSA) is 96.9 Å². The number of fused-ring (bicyclic) bond motifs is 1. The number of urea groups is 1. The molecule has 2 amide bonds. The number of hydrogen-bond donors (Lipinski definition) is 0. The quantitative estimate of drug-likeness (QED) is 0.738. The van der Waals surface area contributed by atoms with Gasteiger partial charge in [0.2, 0.25) is 0 Å². The molecule has 0 unspecified atom stereocenters. The molecule has 3 rings (SSSR count). The number of rotatable bonds is 4. The molecule has 0 radical (unpaired) electrons. The van der Waals surface area contributed by atoms with E-state index in [2.05, 4.69) is 4.98 Å². The standard InChI is InChI=1S/C16H14ClN3O5S/c1-2-25-14(21)10-19-16(22)20(12-6-3-5-11(17)9-12)15-13(26(19,23)24)7-4-8-18-15/h3-9H,2,10H2,1H3. The number of carbonyl (C=O) groups is 2. The summed E-state index contributed by atoms with van der Waals surface area (Å²) in [6, 6.07) is 8.14. The van der Waals surface area contributed by atoms with Crippen LogP contribution in [0.2, 0.25) is 5.02 Å². The van der Waals surface area contributed by atoms with Gasteiger partial charge in [0, 0.05) is 11.2 Å². The van der Waals surface area contributed by atoms with Gasteiger partial charge in [-0.25, -0.2) is 27.4 Å². The van der Waals surface area contributed by atoms with Crippen LogP contribution in [-0.4, -0.2) is 42.9 Å². The maximum atomic E-state index is 12.9. The van der Waals surface area contributed by atoms with Gasteiger partial charge in [-0.05, 0) is 37.3 Å². The number of nitrogens with zero attached hydrogens (tertiary/aromatic N) is 3. The van der Waals surface area contributed by atoms with Gasteiger partial charge in [0.05, 0.1) is 12.3 Å². The zero-order valence-corrected chi connectivity index (χ0v) is 15.2. The maximum absolute atomic E-state index is 12.9. The number of aromatic nitrogens is 1. The smallest absolute Gasteiger partial charge is 0.344 e. The van der Waals surface area contributed by atoms with Crippen molar-refractivity contribution in [2.24, 2.45) is 0 Å². The highest BCUT2D eigenvalue weighted by Crippen LogP contribution is 2.37. The monoisotopic (exact) mass is 395 g/mol. The lowest BCUT2D eigenvalue weighted by Gasteiger charge is -2.34. The Bertz CT molecular complexity index is 979. The fourth-order valence-electron chi connectivity index (χ4n) is 2.50. The molecule has 136 valence electrons. The minimum absolute atomic E-state index is 0.0557. The van der Waals surface area contributed by atoms with Crippen molar-refractivity contribution in [1.82, 2.24) is 9.29 Å². The second kappa shape index (κ2) is 6.93. The van der Waals surface area contributed by atoms with E-state index < -0.39 is 28.6 Å². The molecule has 1 aromatic heterocycles. The molecule has 2 aromatic rings. The molecule has 0 saturated heterocycles. The van der Waals surface area contributed by atoms with Crippen molar-refractivity contribution < 1.29 is 22.7 Å². The lowest BCUT2D eigenvalue weighted by Crippen LogP contribution is -2.51. The van der Waals surface area contributed by atoms with E-state index >= 15 is 0 Å². The molecule has 1 aromatic carbocycles. The van der Waals surface area contributed by atoms with Crippen LogP contribution in [0.15, 0.2) is 47.5 Å². The predicted molar refractivity (Wildman–Crippen MR) is 93.7 cm³/mol. The summed E-state index contributed by atoms with van der Waals surface area (Å²) in [5.74, 6) is -0.886. The summed E-state index contributed by atoms with van der Waals surface area (Å²) in [7, 11) is -4.25. The molecule has 10 heteroatoms. The van der Waals surface area contributed by atoms with Gasteiger partial charge in [-0.2, -0.15) is 0 Å². The van der Waals surface area contributed by atoms with Crippen molar-refractivity contribution in [1.29, 1.82) is 0 Å². The number of amides is 2. The summed E-state index contributed by atoms with van der Waals surface area (Å²) < 4.78 is 30.9. The Morgan fingerprint density at radius 3 is 2.73 bits per heavy atom. The van der Waals surface area contributed by atoms with Crippen LogP contribution in [0.25, 0.3) is 0 Å². The molecule has 1 aliphatic rings.